The van der Waals surface area contributed by atoms with Crippen LogP contribution in [0.1, 0.15) is 42.6 Å². The molecule has 180 valence electrons. The molecule has 0 radical (unpaired) electrons. The largest absolute Gasteiger partial charge is 0.462 e. The number of anilines is 1. The minimum atomic E-state index is -1.28. The van der Waals surface area contributed by atoms with Crippen molar-refractivity contribution in [3.8, 4) is 0 Å². The number of benzene rings is 3. The topological polar surface area (TPSA) is 105 Å². The molecule has 1 unspecified atom stereocenters. The highest BCUT2D eigenvalue weighted by atomic mass is 16.5. The molecule has 35 heavy (non-hydrogen) atoms. The molecule has 1 aliphatic heterocycles. The fourth-order valence-corrected chi connectivity index (χ4v) is 3.96. The van der Waals surface area contributed by atoms with Crippen molar-refractivity contribution in [3.05, 3.63) is 77.9 Å². The number of rotatable bonds is 8. The molecule has 4 amide bonds. The van der Waals surface area contributed by atoms with Gasteiger partial charge in [-0.25, -0.2) is 9.59 Å². The third-order valence-electron chi connectivity index (χ3n) is 6.04. The van der Waals surface area contributed by atoms with Gasteiger partial charge in [0.1, 0.15) is 12.1 Å². The van der Waals surface area contributed by atoms with E-state index < -0.39 is 35.9 Å². The summed E-state index contributed by atoms with van der Waals surface area (Å²) in [6.45, 7) is 3.56. The van der Waals surface area contributed by atoms with Crippen LogP contribution in [-0.4, -0.2) is 41.9 Å². The SMILES string of the molecule is CCCCOC(=O)c1ccc(NC(=O)CN2C(=O)NC(C)(c3ccc4ccccc4c3)C2=O)cc1. The van der Waals surface area contributed by atoms with E-state index >= 15 is 0 Å². The summed E-state index contributed by atoms with van der Waals surface area (Å²) in [5, 5.41) is 7.35. The van der Waals surface area contributed by atoms with Crippen LogP contribution in [0.5, 0.6) is 0 Å². The highest BCUT2D eigenvalue weighted by molar-refractivity contribution is 6.10. The lowest BCUT2D eigenvalue weighted by Crippen LogP contribution is -2.42. The van der Waals surface area contributed by atoms with Gasteiger partial charge in [-0.3, -0.25) is 14.5 Å². The van der Waals surface area contributed by atoms with Crippen LogP contribution < -0.4 is 10.6 Å². The van der Waals surface area contributed by atoms with E-state index in [1.165, 1.54) is 0 Å². The van der Waals surface area contributed by atoms with Crippen molar-refractivity contribution in [2.24, 2.45) is 0 Å². The number of carbonyl (C=O) groups is 4. The van der Waals surface area contributed by atoms with Gasteiger partial charge in [0.05, 0.1) is 12.2 Å². The standard InChI is InChI=1S/C27H27N3O5/c1-3-4-15-35-24(32)19-10-13-22(14-11-19)28-23(31)17-30-25(33)27(2,29-26(30)34)21-12-9-18-7-5-6-8-20(18)16-21/h5-14,16H,3-4,15,17H2,1-2H3,(H,28,31)(H,29,34). The van der Waals surface area contributed by atoms with E-state index in [1.54, 1.807) is 37.3 Å². The van der Waals surface area contributed by atoms with Crippen LogP contribution in [0.15, 0.2) is 66.7 Å². The van der Waals surface area contributed by atoms with Gasteiger partial charge in [0.25, 0.3) is 5.91 Å². The number of unbranched alkanes of at least 4 members (excludes halogenated alkanes) is 1. The normalized spacial score (nSPS) is 17.4. The first-order valence-corrected chi connectivity index (χ1v) is 11.5. The second-order valence-corrected chi connectivity index (χ2v) is 8.62. The summed E-state index contributed by atoms with van der Waals surface area (Å²) >= 11 is 0. The van der Waals surface area contributed by atoms with Crippen molar-refractivity contribution in [3.63, 3.8) is 0 Å². The van der Waals surface area contributed by atoms with Crippen molar-refractivity contribution in [1.82, 2.24) is 10.2 Å². The zero-order valence-corrected chi connectivity index (χ0v) is 19.7. The van der Waals surface area contributed by atoms with Gasteiger partial charge >= 0.3 is 12.0 Å². The predicted molar refractivity (Wildman–Crippen MR) is 132 cm³/mol. The first kappa shape index (κ1) is 23.9. The van der Waals surface area contributed by atoms with Gasteiger partial charge in [-0.05, 0) is 60.0 Å². The molecule has 3 aromatic rings. The maximum absolute atomic E-state index is 13.2. The van der Waals surface area contributed by atoms with Gasteiger partial charge in [0, 0.05) is 5.69 Å². The molecule has 1 atom stereocenters. The number of fused-ring (bicyclic) bond motifs is 1. The molecule has 0 aromatic heterocycles. The number of nitrogens with one attached hydrogen (secondary N) is 2. The first-order valence-electron chi connectivity index (χ1n) is 11.5. The Bertz CT molecular complexity index is 1290. The molecule has 0 aliphatic carbocycles. The lowest BCUT2D eigenvalue weighted by Gasteiger charge is -2.22. The summed E-state index contributed by atoms with van der Waals surface area (Å²) in [6.07, 6.45) is 1.72. The van der Waals surface area contributed by atoms with E-state index in [0.29, 0.717) is 23.4 Å². The Labute approximate surface area is 203 Å². The summed E-state index contributed by atoms with van der Waals surface area (Å²) in [5.41, 5.74) is 0.170. The van der Waals surface area contributed by atoms with Crippen LogP contribution in [0.4, 0.5) is 10.5 Å². The quantitative estimate of drug-likeness (QED) is 0.290. The Balaban J connectivity index is 1.41. The summed E-state index contributed by atoms with van der Waals surface area (Å²) in [5.74, 6) is -1.46. The van der Waals surface area contributed by atoms with Crippen molar-refractivity contribution < 1.29 is 23.9 Å². The number of amides is 4. The molecular weight excluding hydrogens is 446 g/mol. The molecule has 0 bridgehead atoms. The van der Waals surface area contributed by atoms with Gasteiger partial charge in [-0.2, -0.15) is 0 Å². The molecule has 0 spiro atoms. The third kappa shape index (κ3) is 5.01. The number of hydrogen-bond acceptors (Lipinski definition) is 5. The van der Waals surface area contributed by atoms with E-state index in [9.17, 15) is 19.2 Å². The summed E-state index contributed by atoms with van der Waals surface area (Å²) < 4.78 is 5.17. The number of esters is 1. The van der Waals surface area contributed by atoms with E-state index in [2.05, 4.69) is 10.6 Å². The van der Waals surface area contributed by atoms with Crippen molar-refractivity contribution in [2.75, 3.05) is 18.5 Å². The highest BCUT2D eigenvalue weighted by Gasteiger charge is 2.49. The second kappa shape index (κ2) is 9.97. The molecule has 2 N–H and O–H groups in total. The summed E-state index contributed by atoms with van der Waals surface area (Å²) in [4.78, 5) is 51.3. The fourth-order valence-electron chi connectivity index (χ4n) is 3.96. The first-order chi connectivity index (χ1) is 16.8. The Kier molecular flexibility index (Phi) is 6.82. The number of nitrogens with zero attached hydrogens (tertiary/aromatic N) is 1. The van der Waals surface area contributed by atoms with Crippen molar-refractivity contribution in [2.45, 2.75) is 32.2 Å². The minimum absolute atomic E-state index is 0.359. The van der Waals surface area contributed by atoms with Gasteiger partial charge < -0.3 is 15.4 Å². The molecule has 3 aromatic carbocycles. The molecule has 1 aliphatic rings. The van der Waals surface area contributed by atoms with Crippen LogP contribution in [0, 0.1) is 0 Å². The maximum atomic E-state index is 13.2. The summed E-state index contributed by atoms with van der Waals surface area (Å²) in [7, 11) is 0. The molecule has 8 nitrogen and oxygen atoms in total. The number of imide groups is 1. The van der Waals surface area contributed by atoms with Crippen molar-refractivity contribution >= 4 is 40.3 Å². The Morgan fingerprint density at radius 2 is 1.71 bits per heavy atom. The average molecular weight is 474 g/mol. The predicted octanol–water partition coefficient (Wildman–Crippen LogP) is 4.20. The van der Waals surface area contributed by atoms with Gasteiger partial charge in [-0.15, -0.1) is 0 Å². The molecule has 1 fully saturated rings. The summed E-state index contributed by atoms with van der Waals surface area (Å²) in [6, 6.07) is 18.9. The zero-order valence-electron chi connectivity index (χ0n) is 19.7. The number of urea groups is 1. The number of carbonyl (C=O) groups excluding carboxylic acids is 4. The highest BCUT2D eigenvalue weighted by Crippen LogP contribution is 2.31. The van der Waals surface area contributed by atoms with Crippen LogP contribution >= 0.6 is 0 Å². The van der Waals surface area contributed by atoms with Crippen LogP contribution in [0.3, 0.4) is 0 Å². The molecule has 1 heterocycles. The van der Waals surface area contributed by atoms with E-state index in [1.807, 2.05) is 43.3 Å². The average Bonchev–Trinajstić information content (AvgIpc) is 3.08. The lowest BCUT2D eigenvalue weighted by atomic mass is 9.90. The third-order valence-corrected chi connectivity index (χ3v) is 6.04. The van der Waals surface area contributed by atoms with Gasteiger partial charge in [-0.1, -0.05) is 49.7 Å². The molecule has 1 saturated heterocycles. The van der Waals surface area contributed by atoms with E-state index in [-0.39, 0.29) is 0 Å². The fraction of sp³-hybridized carbons (Fsp3) is 0.259. The maximum Gasteiger partial charge on any atom is 0.338 e. The van der Waals surface area contributed by atoms with E-state index in [4.69, 9.17) is 4.74 Å². The number of hydrogen-bond donors (Lipinski definition) is 2. The monoisotopic (exact) mass is 473 g/mol. The second-order valence-electron chi connectivity index (χ2n) is 8.62. The van der Waals surface area contributed by atoms with Gasteiger partial charge in [0.2, 0.25) is 5.91 Å². The molecule has 0 saturated carbocycles. The molecule has 8 heteroatoms. The van der Waals surface area contributed by atoms with Crippen molar-refractivity contribution in [1.29, 1.82) is 0 Å². The lowest BCUT2D eigenvalue weighted by molar-refractivity contribution is -0.133. The Hall–Kier alpha value is -4.20. The smallest absolute Gasteiger partial charge is 0.338 e. The molecule has 4 rings (SSSR count). The van der Waals surface area contributed by atoms with E-state index in [0.717, 1.165) is 28.5 Å². The van der Waals surface area contributed by atoms with Crippen LogP contribution in [-0.2, 0) is 19.9 Å². The number of ether oxygens (including phenoxy) is 1. The van der Waals surface area contributed by atoms with Crippen LogP contribution in [0.2, 0.25) is 0 Å². The zero-order chi connectivity index (χ0) is 25.0. The Morgan fingerprint density at radius 1 is 1.00 bits per heavy atom. The Morgan fingerprint density at radius 3 is 2.43 bits per heavy atom. The van der Waals surface area contributed by atoms with Crippen LogP contribution in [0.25, 0.3) is 10.8 Å². The molecular formula is C27H27N3O5. The van der Waals surface area contributed by atoms with Gasteiger partial charge in [0.15, 0.2) is 0 Å². The minimum Gasteiger partial charge on any atom is -0.462 e.